The Bertz CT molecular complexity index is 706. The number of imide groups is 1. The van der Waals surface area contributed by atoms with Crippen molar-refractivity contribution in [3.05, 3.63) is 34.0 Å². The maximum Gasteiger partial charge on any atom is 0.271 e. The van der Waals surface area contributed by atoms with Crippen LogP contribution in [-0.2, 0) is 9.59 Å². The number of carbonyl (C=O) groups excluding carboxylic acids is 3. The Morgan fingerprint density at radius 1 is 1.22 bits per heavy atom. The number of nitrogens with one attached hydrogen (secondary N) is 1. The van der Waals surface area contributed by atoms with Gasteiger partial charge in [0.15, 0.2) is 0 Å². The van der Waals surface area contributed by atoms with Crippen LogP contribution in [0, 0.1) is 23.7 Å². The van der Waals surface area contributed by atoms with E-state index in [2.05, 4.69) is 19.3 Å². The van der Waals surface area contributed by atoms with E-state index in [1.807, 2.05) is 18.2 Å². The number of fused-ring (bicyclic) bond motifs is 5. The average Bonchev–Trinajstić information content (AvgIpc) is 3.26. The van der Waals surface area contributed by atoms with Gasteiger partial charge in [-0.05, 0) is 30.2 Å². The number of hydrazine groups is 1. The van der Waals surface area contributed by atoms with E-state index >= 15 is 0 Å². The summed E-state index contributed by atoms with van der Waals surface area (Å²) in [7, 11) is 0. The van der Waals surface area contributed by atoms with E-state index in [1.54, 1.807) is 5.38 Å². The van der Waals surface area contributed by atoms with Crippen molar-refractivity contribution >= 4 is 29.1 Å². The molecular formula is C17H18N2O3S. The van der Waals surface area contributed by atoms with Crippen LogP contribution in [0.4, 0.5) is 0 Å². The predicted molar refractivity (Wildman–Crippen MR) is 85.4 cm³/mol. The number of thiophene rings is 1. The summed E-state index contributed by atoms with van der Waals surface area (Å²) in [5.74, 6) is -0.839. The largest absolute Gasteiger partial charge is 0.272 e. The summed E-state index contributed by atoms with van der Waals surface area (Å²) in [6.07, 6.45) is 4.96. The molecule has 1 aromatic heterocycles. The third-order valence-electron chi connectivity index (χ3n) is 5.13. The molecule has 2 aliphatic carbocycles. The minimum absolute atomic E-state index is 0.150. The second-order valence-electron chi connectivity index (χ2n) is 6.85. The first-order valence-corrected chi connectivity index (χ1v) is 8.81. The van der Waals surface area contributed by atoms with Crippen molar-refractivity contribution in [3.63, 3.8) is 0 Å². The van der Waals surface area contributed by atoms with E-state index < -0.39 is 5.91 Å². The van der Waals surface area contributed by atoms with Crippen molar-refractivity contribution in [2.24, 2.45) is 23.7 Å². The van der Waals surface area contributed by atoms with Gasteiger partial charge in [0.2, 0.25) is 0 Å². The Balaban J connectivity index is 1.52. The van der Waals surface area contributed by atoms with Gasteiger partial charge in [0.25, 0.3) is 17.7 Å². The zero-order valence-corrected chi connectivity index (χ0v) is 13.8. The van der Waals surface area contributed by atoms with Gasteiger partial charge in [-0.15, -0.1) is 11.3 Å². The maximum atomic E-state index is 12.5. The third-order valence-corrected chi connectivity index (χ3v) is 6.37. The highest BCUT2D eigenvalue weighted by Gasteiger charge is 2.59. The van der Waals surface area contributed by atoms with Crippen LogP contribution in [0.3, 0.4) is 0 Å². The van der Waals surface area contributed by atoms with Crippen LogP contribution >= 0.6 is 11.3 Å². The SMILES string of the molecule is CC(C)c1cc(C(=O)NN2C(=O)[C@@H]3[C@H](C2=O)[C@H]2C=C[C@H]3C2)cs1. The van der Waals surface area contributed by atoms with Gasteiger partial charge < -0.3 is 0 Å². The zero-order chi connectivity index (χ0) is 16.3. The van der Waals surface area contributed by atoms with Crippen molar-refractivity contribution in [1.82, 2.24) is 10.4 Å². The lowest BCUT2D eigenvalue weighted by molar-refractivity contribution is -0.143. The molecule has 0 spiro atoms. The molecule has 0 unspecified atom stereocenters. The molecule has 120 valence electrons. The van der Waals surface area contributed by atoms with Gasteiger partial charge >= 0.3 is 0 Å². The quantitative estimate of drug-likeness (QED) is 0.683. The summed E-state index contributed by atoms with van der Waals surface area (Å²) < 4.78 is 0. The molecule has 6 heteroatoms. The van der Waals surface area contributed by atoms with E-state index in [4.69, 9.17) is 0 Å². The molecule has 0 radical (unpaired) electrons. The first-order chi connectivity index (χ1) is 11.0. The van der Waals surface area contributed by atoms with Crippen molar-refractivity contribution in [3.8, 4) is 0 Å². The number of amides is 3. The minimum Gasteiger partial charge on any atom is -0.272 e. The van der Waals surface area contributed by atoms with Crippen LogP contribution in [0.1, 0.15) is 41.4 Å². The zero-order valence-electron chi connectivity index (χ0n) is 13.0. The number of rotatable bonds is 3. The summed E-state index contributed by atoms with van der Waals surface area (Å²) in [6, 6.07) is 1.82. The number of allylic oxidation sites excluding steroid dienone is 2. The normalized spacial score (nSPS) is 31.3. The summed E-state index contributed by atoms with van der Waals surface area (Å²) in [4.78, 5) is 38.5. The third kappa shape index (κ3) is 2.08. The van der Waals surface area contributed by atoms with E-state index in [0.717, 1.165) is 16.3 Å². The lowest BCUT2D eigenvalue weighted by atomic mass is 9.85. The molecule has 1 N–H and O–H groups in total. The minimum atomic E-state index is -0.393. The van der Waals surface area contributed by atoms with Gasteiger partial charge in [-0.3, -0.25) is 19.8 Å². The van der Waals surface area contributed by atoms with Crippen LogP contribution in [0.25, 0.3) is 0 Å². The van der Waals surface area contributed by atoms with Crippen LogP contribution in [0.5, 0.6) is 0 Å². The molecular weight excluding hydrogens is 312 g/mol. The topological polar surface area (TPSA) is 66.5 Å². The fourth-order valence-corrected chi connectivity index (χ4v) is 4.86. The van der Waals surface area contributed by atoms with Crippen molar-refractivity contribution in [2.45, 2.75) is 26.2 Å². The molecule has 1 aliphatic heterocycles. The number of hydrogen-bond acceptors (Lipinski definition) is 4. The molecule has 0 aromatic carbocycles. The Morgan fingerprint density at radius 3 is 2.35 bits per heavy atom. The van der Waals surface area contributed by atoms with Crippen molar-refractivity contribution in [2.75, 3.05) is 0 Å². The van der Waals surface area contributed by atoms with Crippen molar-refractivity contribution < 1.29 is 14.4 Å². The smallest absolute Gasteiger partial charge is 0.271 e. The highest BCUT2D eigenvalue weighted by molar-refractivity contribution is 7.10. The van der Waals surface area contributed by atoms with Gasteiger partial charge in [-0.1, -0.05) is 26.0 Å². The highest BCUT2D eigenvalue weighted by atomic mass is 32.1. The van der Waals surface area contributed by atoms with E-state index in [0.29, 0.717) is 11.5 Å². The summed E-state index contributed by atoms with van der Waals surface area (Å²) in [6.45, 7) is 4.12. The van der Waals surface area contributed by atoms with Crippen LogP contribution in [0.2, 0.25) is 0 Å². The summed E-state index contributed by atoms with van der Waals surface area (Å²) >= 11 is 1.51. The molecule has 1 saturated heterocycles. The molecule has 2 bridgehead atoms. The Morgan fingerprint density at radius 2 is 1.83 bits per heavy atom. The maximum absolute atomic E-state index is 12.5. The molecule has 4 rings (SSSR count). The predicted octanol–water partition coefficient (Wildman–Crippen LogP) is 2.32. The highest BCUT2D eigenvalue weighted by Crippen LogP contribution is 2.52. The van der Waals surface area contributed by atoms with Gasteiger partial charge in [-0.25, -0.2) is 0 Å². The number of hydrogen-bond donors (Lipinski definition) is 1. The molecule has 1 aromatic rings. The number of carbonyl (C=O) groups is 3. The molecule has 3 aliphatic rings. The Labute approximate surface area is 138 Å². The molecule has 5 nitrogen and oxygen atoms in total. The molecule has 2 fully saturated rings. The average molecular weight is 330 g/mol. The Kier molecular flexibility index (Phi) is 3.20. The molecule has 4 atom stereocenters. The second kappa shape index (κ2) is 5.03. The van der Waals surface area contributed by atoms with Crippen LogP contribution in [0.15, 0.2) is 23.6 Å². The molecule has 1 saturated carbocycles. The summed E-state index contributed by atoms with van der Waals surface area (Å²) in [5, 5.41) is 2.72. The molecule has 23 heavy (non-hydrogen) atoms. The second-order valence-corrected chi connectivity index (χ2v) is 7.79. The van der Waals surface area contributed by atoms with Gasteiger partial charge in [0.05, 0.1) is 17.4 Å². The monoisotopic (exact) mass is 330 g/mol. The fourth-order valence-electron chi connectivity index (χ4n) is 3.95. The van der Waals surface area contributed by atoms with Gasteiger partial charge in [0.1, 0.15) is 0 Å². The number of nitrogens with zero attached hydrogens (tertiary/aromatic N) is 1. The van der Waals surface area contributed by atoms with Crippen molar-refractivity contribution in [1.29, 1.82) is 0 Å². The van der Waals surface area contributed by atoms with E-state index in [-0.39, 0.29) is 35.5 Å². The van der Waals surface area contributed by atoms with Gasteiger partial charge in [0, 0.05) is 10.3 Å². The fraction of sp³-hybridized carbons (Fsp3) is 0.471. The molecule has 3 amide bonds. The summed E-state index contributed by atoms with van der Waals surface area (Å²) in [5.41, 5.74) is 3.02. The van der Waals surface area contributed by atoms with Crippen LogP contribution in [-0.4, -0.2) is 22.7 Å². The van der Waals surface area contributed by atoms with E-state index in [9.17, 15) is 14.4 Å². The first kappa shape index (κ1) is 14.6. The standard InChI is InChI=1S/C17H18N2O3S/c1-8(2)12-6-11(7-23-12)15(20)18-19-16(21)13-9-3-4-10(5-9)14(13)17(19)22/h3-4,6-10,13-14H,5H2,1-2H3,(H,18,20)/t9-,10-,13-,14+/m0/s1. The lowest BCUT2D eigenvalue weighted by Gasteiger charge is -2.17. The Hall–Kier alpha value is -1.95. The lowest BCUT2D eigenvalue weighted by Crippen LogP contribution is -2.47. The first-order valence-electron chi connectivity index (χ1n) is 7.93. The van der Waals surface area contributed by atoms with Gasteiger partial charge in [-0.2, -0.15) is 5.01 Å². The van der Waals surface area contributed by atoms with E-state index in [1.165, 1.54) is 11.3 Å². The van der Waals surface area contributed by atoms with Crippen LogP contribution < -0.4 is 5.43 Å². The molecule has 2 heterocycles.